The Bertz CT molecular complexity index is 1070. The molecule has 1 aliphatic carbocycles. The van der Waals surface area contributed by atoms with Crippen LogP contribution < -0.4 is 5.32 Å². The highest BCUT2D eigenvalue weighted by Crippen LogP contribution is 2.35. The lowest BCUT2D eigenvalue weighted by molar-refractivity contribution is -0.139. The number of tetrazole rings is 1. The monoisotopic (exact) mass is 486 g/mol. The van der Waals surface area contributed by atoms with Crippen LogP contribution in [0.15, 0.2) is 30.6 Å². The van der Waals surface area contributed by atoms with Gasteiger partial charge in [-0.15, -0.1) is 16.7 Å². The Morgan fingerprint density at radius 1 is 1.24 bits per heavy atom. The van der Waals surface area contributed by atoms with Crippen molar-refractivity contribution in [3.8, 4) is 5.69 Å². The van der Waals surface area contributed by atoms with Gasteiger partial charge in [0.25, 0.3) is 5.91 Å². The van der Waals surface area contributed by atoms with Crippen molar-refractivity contribution in [3.05, 3.63) is 36.2 Å². The zero-order valence-corrected chi connectivity index (χ0v) is 19.6. The molecule has 5 rings (SSSR count). The van der Waals surface area contributed by atoms with Gasteiger partial charge in [-0.2, -0.15) is 0 Å². The van der Waals surface area contributed by atoms with Crippen molar-refractivity contribution >= 4 is 29.2 Å². The van der Waals surface area contributed by atoms with Crippen LogP contribution in [-0.4, -0.2) is 79.4 Å². The van der Waals surface area contributed by atoms with Crippen LogP contribution in [0.4, 0.5) is 0 Å². The van der Waals surface area contributed by atoms with E-state index in [9.17, 15) is 14.4 Å². The van der Waals surface area contributed by atoms with E-state index < -0.39 is 23.6 Å². The number of benzene rings is 1. The first-order valence-electron chi connectivity index (χ1n) is 11.7. The number of ketones is 1. The lowest BCUT2D eigenvalue weighted by Gasteiger charge is -2.35. The first-order chi connectivity index (χ1) is 16.4. The minimum Gasteiger partial charge on any atom is -0.366 e. The maximum absolute atomic E-state index is 13.8. The number of aromatic nitrogens is 4. The topological polar surface area (TPSA) is 119 Å². The van der Waals surface area contributed by atoms with Gasteiger partial charge in [0.2, 0.25) is 5.91 Å². The van der Waals surface area contributed by atoms with Gasteiger partial charge in [0, 0.05) is 12.1 Å². The predicted octanol–water partition coefficient (Wildman–Crippen LogP) is 1.37. The molecule has 0 unspecified atom stereocenters. The molecule has 34 heavy (non-hydrogen) atoms. The largest absolute Gasteiger partial charge is 0.366 e. The number of halogens is 1. The Morgan fingerprint density at radius 3 is 2.76 bits per heavy atom. The molecule has 1 saturated carbocycles. The van der Waals surface area contributed by atoms with Crippen LogP contribution in [0.25, 0.3) is 5.69 Å². The summed E-state index contributed by atoms with van der Waals surface area (Å²) >= 11 is 6.42. The standard InChI is InChI=1S/C23H27ClN6O4/c1-13-5-7-14(8-6-13)19(23(33)29-10-17(24)21-20(29)18(31)11-34-21)26-22(32)15-3-2-4-16(9-15)30-12-25-27-28-30/h2-4,9,12-14,17,19-21H,5-8,10-11H2,1H3,(H,26,32)/t13?,14?,17-,19-,20+,21+/m0/s1. The van der Waals surface area contributed by atoms with Crippen LogP contribution in [0, 0.1) is 11.8 Å². The number of alkyl halides is 1. The lowest BCUT2D eigenvalue weighted by atomic mass is 9.78. The van der Waals surface area contributed by atoms with Gasteiger partial charge < -0.3 is 15.0 Å². The van der Waals surface area contributed by atoms with E-state index in [4.69, 9.17) is 16.3 Å². The number of ether oxygens (including phenoxy) is 1. The summed E-state index contributed by atoms with van der Waals surface area (Å²) in [4.78, 5) is 41.1. The Balaban J connectivity index is 1.39. The lowest BCUT2D eigenvalue weighted by Crippen LogP contribution is -2.55. The van der Waals surface area contributed by atoms with Crippen LogP contribution in [0.5, 0.6) is 0 Å². The van der Waals surface area contributed by atoms with Gasteiger partial charge in [0.15, 0.2) is 5.78 Å². The second-order valence-corrected chi connectivity index (χ2v) is 10.0. The highest BCUT2D eigenvalue weighted by Gasteiger charge is 2.53. The summed E-state index contributed by atoms with van der Waals surface area (Å²) in [6, 6.07) is 5.46. The number of carbonyl (C=O) groups excluding carboxylic acids is 3. The zero-order chi connectivity index (χ0) is 23.8. The van der Waals surface area contributed by atoms with Crippen molar-refractivity contribution in [2.45, 2.75) is 56.2 Å². The van der Waals surface area contributed by atoms with Crippen molar-refractivity contribution in [1.82, 2.24) is 30.4 Å². The molecule has 180 valence electrons. The smallest absolute Gasteiger partial charge is 0.252 e. The molecule has 0 bridgehead atoms. The summed E-state index contributed by atoms with van der Waals surface area (Å²) in [6.07, 6.45) is 4.60. The number of Topliss-reactive ketones (excluding diaryl/α,β-unsaturated/α-hetero) is 1. The third-order valence-electron chi connectivity index (χ3n) is 7.21. The summed E-state index contributed by atoms with van der Waals surface area (Å²) in [5.74, 6) is -0.192. The molecule has 3 fully saturated rings. The number of fused-ring (bicyclic) bond motifs is 1. The summed E-state index contributed by atoms with van der Waals surface area (Å²) < 4.78 is 7.00. The van der Waals surface area contributed by atoms with E-state index in [0.717, 1.165) is 25.7 Å². The Labute approximate surface area is 202 Å². The highest BCUT2D eigenvalue weighted by atomic mass is 35.5. The Morgan fingerprint density at radius 2 is 2.03 bits per heavy atom. The first-order valence-corrected chi connectivity index (χ1v) is 12.1. The molecule has 4 atom stereocenters. The second kappa shape index (κ2) is 9.42. The Hall–Kier alpha value is -2.85. The van der Waals surface area contributed by atoms with Crippen molar-refractivity contribution in [2.75, 3.05) is 13.2 Å². The number of hydrogen-bond donors (Lipinski definition) is 1. The van der Waals surface area contributed by atoms with E-state index in [0.29, 0.717) is 17.2 Å². The molecule has 2 aliphatic heterocycles. The Kier molecular flexibility index (Phi) is 6.35. The van der Waals surface area contributed by atoms with E-state index in [2.05, 4.69) is 27.8 Å². The van der Waals surface area contributed by atoms with Crippen LogP contribution in [0.1, 0.15) is 43.0 Å². The third-order valence-corrected chi connectivity index (χ3v) is 7.60. The molecular formula is C23H27ClN6O4. The molecule has 2 aromatic rings. The fraction of sp³-hybridized carbons (Fsp3) is 0.565. The summed E-state index contributed by atoms with van der Waals surface area (Å²) in [5.41, 5.74) is 1.03. The van der Waals surface area contributed by atoms with Crippen molar-refractivity contribution in [1.29, 1.82) is 0 Å². The quantitative estimate of drug-likeness (QED) is 0.634. The number of nitrogens with zero attached hydrogens (tertiary/aromatic N) is 5. The average molecular weight is 487 g/mol. The number of amides is 2. The molecule has 2 saturated heterocycles. The van der Waals surface area contributed by atoms with E-state index in [1.807, 2.05) is 0 Å². The van der Waals surface area contributed by atoms with E-state index >= 15 is 0 Å². The molecular weight excluding hydrogens is 460 g/mol. The summed E-state index contributed by atoms with van der Waals surface area (Å²) in [5, 5.41) is 13.7. The number of carbonyl (C=O) groups is 3. The molecule has 1 aromatic carbocycles. The van der Waals surface area contributed by atoms with E-state index in [-0.39, 0.29) is 36.7 Å². The van der Waals surface area contributed by atoms with Crippen LogP contribution in [0.3, 0.4) is 0 Å². The molecule has 3 aliphatic rings. The number of rotatable bonds is 5. The predicted molar refractivity (Wildman–Crippen MR) is 121 cm³/mol. The normalized spacial score (nSPS) is 29.6. The van der Waals surface area contributed by atoms with Gasteiger partial charge in [-0.3, -0.25) is 14.4 Å². The molecule has 3 heterocycles. The number of likely N-dealkylation sites (tertiary alicyclic amines) is 1. The summed E-state index contributed by atoms with van der Waals surface area (Å²) in [7, 11) is 0. The van der Waals surface area contributed by atoms with Crippen LogP contribution in [0.2, 0.25) is 0 Å². The van der Waals surface area contributed by atoms with Gasteiger partial charge in [0.1, 0.15) is 31.1 Å². The van der Waals surface area contributed by atoms with E-state index in [1.165, 1.54) is 15.9 Å². The fourth-order valence-corrected chi connectivity index (χ4v) is 5.66. The molecule has 10 nitrogen and oxygen atoms in total. The SMILES string of the molecule is CC1CCC([C@H](NC(=O)c2cccc(-n3cnnn3)c2)C(=O)N2C[C@H](Cl)[C@H]3OCC(=O)[C@H]32)CC1. The molecule has 11 heteroatoms. The minimum absolute atomic E-state index is 0.0133. The zero-order valence-electron chi connectivity index (χ0n) is 18.8. The fourth-order valence-electron chi connectivity index (χ4n) is 5.30. The second-order valence-electron chi connectivity index (χ2n) is 9.47. The molecule has 2 amide bonds. The van der Waals surface area contributed by atoms with Gasteiger partial charge in [-0.1, -0.05) is 25.8 Å². The van der Waals surface area contributed by atoms with Crippen LogP contribution >= 0.6 is 11.6 Å². The maximum atomic E-state index is 13.8. The molecule has 1 aromatic heterocycles. The first kappa shape index (κ1) is 22.9. The van der Waals surface area contributed by atoms with Crippen molar-refractivity contribution < 1.29 is 19.1 Å². The van der Waals surface area contributed by atoms with Gasteiger partial charge >= 0.3 is 0 Å². The third kappa shape index (κ3) is 4.32. The maximum Gasteiger partial charge on any atom is 0.252 e. The van der Waals surface area contributed by atoms with Gasteiger partial charge in [-0.05, 0) is 53.3 Å². The van der Waals surface area contributed by atoms with Crippen LogP contribution in [-0.2, 0) is 14.3 Å². The summed E-state index contributed by atoms with van der Waals surface area (Å²) in [6.45, 7) is 2.39. The molecule has 0 radical (unpaired) electrons. The van der Waals surface area contributed by atoms with Gasteiger partial charge in [-0.25, -0.2) is 4.68 Å². The minimum atomic E-state index is -0.743. The number of nitrogens with one attached hydrogen (secondary N) is 1. The van der Waals surface area contributed by atoms with Gasteiger partial charge in [0.05, 0.1) is 11.1 Å². The molecule has 1 N–H and O–H groups in total. The van der Waals surface area contributed by atoms with E-state index in [1.54, 1.807) is 24.3 Å². The molecule has 0 spiro atoms. The number of hydrogen-bond acceptors (Lipinski definition) is 7. The van der Waals surface area contributed by atoms with Crippen molar-refractivity contribution in [3.63, 3.8) is 0 Å². The van der Waals surface area contributed by atoms with Crippen molar-refractivity contribution in [2.24, 2.45) is 11.8 Å². The average Bonchev–Trinajstić information content (AvgIpc) is 3.58. The highest BCUT2D eigenvalue weighted by molar-refractivity contribution is 6.22.